The van der Waals surface area contributed by atoms with Crippen molar-refractivity contribution in [2.24, 2.45) is 11.1 Å². The molecule has 2 amide bonds. The van der Waals surface area contributed by atoms with Gasteiger partial charge in [-0.3, -0.25) is 9.59 Å². The molecule has 26 heavy (non-hydrogen) atoms. The van der Waals surface area contributed by atoms with E-state index < -0.39 is 5.91 Å². The molecule has 0 radical (unpaired) electrons. The third-order valence-corrected chi connectivity index (χ3v) is 6.36. The molecule has 7 heteroatoms. The maximum absolute atomic E-state index is 12.5. The van der Waals surface area contributed by atoms with Crippen LogP contribution in [-0.4, -0.2) is 41.3 Å². The molecule has 1 aromatic heterocycles. The Kier molecular flexibility index (Phi) is 4.40. The number of hydrogen-bond acceptors (Lipinski definition) is 5. The number of aromatic nitrogens is 1. The molecule has 2 fully saturated rings. The van der Waals surface area contributed by atoms with E-state index >= 15 is 0 Å². The molecule has 2 N–H and O–H groups in total. The van der Waals surface area contributed by atoms with Gasteiger partial charge in [0.2, 0.25) is 5.91 Å². The highest BCUT2D eigenvalue weighted by molar-refractivity contribution is 7.13. The Labute approximate surface area is 156 Å². The summed E-state index contributed by atoms with van der Waals surface area (Å²) >= 11 is 1.45. The first-order valence-corrected chi connectivity index (χ1v) is 9.75. The lowest BCUT2D eigenvalue weighted by Gasteiger charge is -2.38. The second-order valence-corrected chi connectivity index (χ2v) is 8.12. The Hall–Kier alpha value is -2.41. The van der Waals surface area contributed by atoms with E-state index in [1.54, 1.807) is 5.38 Å². The first-order chi connectivity index (χ1) is 12.5. The molecule has 0 unspecified atom stereocenters. The highest BCUT2D eigenvalue weighted by Gasteiger charge is 2.45. The van der Waals surface area contributed by atoms with Crippen LogP contribution in [-0.2, 0) is 11.3 Å². The molecule has 4 rings (SSSR count). The molecule has 0 bridgehead atoms. The van der Waals surface area contributed by atoms with Crippen LogP contribution >= 0.6 is 11.3 Å². The number of nitrogens with zero attached hydrogens (tertiary/aromatic N) is 3. The predicted molar refractivity (Wildman–Crippen MR) is 101 cm³/mol. The van der Waals surface area contributed by atoms with Gasteiger partial charge in [0.25, 0.3) is 5.91 Å². The minimum Gasteiger partial charge on any atom is -0.364 e. The van der Waals surface area contributed by atoms with Crippen LogP contribution in [0.15, 0.2) is 35.7 Å². The number of anilines is 1. The zero-order chi connectivity index (χ0) is 18.1. The number of benzene rings is 1. The van der Waals surface area contributed by atoms with Crippen molar-refractivity contribution in [3.05, 3.63) is 47.0 Å². The molecule has 136 valence electrons. The second kappa shape index (κ2) is 6.72. The number of primary amides is 1. The van der Waals surface area contributed by atoms with E-state index in [4.69, 9.17) is 5.73 Å². The van der Waals surface area contributed by atoms with Crippen LogP contribution in [0.2, 0.25) is 0 Å². The number of amides is 2. The first kappa shape index (κ1) is 17.0. The average molecular weight is 370 g/mol. The summed E-state index contributed by atoms with van der Waals surface area (Å²) in [5.41, 5.74) is 6.87. The molecule has 1 aromatic carbocycles. The largest absolute Gasteiger partial charge is 0.364 e. The molecular formula is C19H22N4O2S. The van der Waals surface area contributed by atoms with Crippen LogP contribution in [0, 0.1) is 5.41 Å². The van der Waals surface area contributed by atoms with E-state index in [1.807, 2.05) is 23.1 Å². The van der Waals surface area contributed by atoms with E-state index in [0.717, 1.165) is 37.6 Å². The van der Waals surface area contributed by atoms with Gasteiger partial charge in [-0.05, 0) is 18.4 Å². The first-order valence-electron chi connectivity index (χ1n) is 8.87. The van der Waals surface area contributed by atoms with Crippen molar-refractivity contribution >= 4 is 28.3 Å². The average Bonchev–Trinajstić information content (AvgIpc) is 3.23. The number of piperidine rings is 1. The molecule has 1 spiro atoms. The molecule has 2 aliphatic rings. The highest BCUT2D eigenvalue weighted by atomic mass is 32.1. The zero-order valence-electron chi connectivity index (χ0n) is 14.6. The highest BCUT2D eigenvalue weighted by Crippen LogP contribution is 2.42. The minimum absolute atomic E-state index is 0.0755. The summed E-state index contributed by atoms with van der Waals surface area (Å²) in [6.07, 6.45) is 2.57. The maximum atomic E-state index is 12.5. The number of carbonyl (C=O) groups excluding carboxylic acids is 2. The summed E-state index contributed by atoms with van der Waals surface area (Å²) in [6.45, 7) is 3.24. The SMILES string of the molecule is NC(=O)c1csc(N2CCC3(CC2)CC(=O)N(Cc2ccccc2)C3)n1. The lowest BCUT2D eigenvalue weighted by Crippen LogP contribution is -2.41. The Morgan fingerprint density at radius 1 is 1.23 bits per heavy atom. The lowest BCUT2D eigenvalue weighted by molar-refractivity contribution is -0.128. The Morgan fingerprint density at radius 3 is 2.62 bits per heavy atom. The standard InChI is InChI=1S/C19H22N4O2S/c20-17(25)15-12-26-18(21-15)22-8-6-19(7-9-22)10-16(24)23(13-19)11-14-4-2-1-3-5-14/h1-5,12H,6-11,13H2,(H2,20,25). The summed E-state index contributed by atoms with van der Waals surface area (Å²) in [5.74, 6) is -0.230. The smallest absolute Gasteiger partial charge is 0.268 e. The molecular weight excluding hydrogens is 348 g/mol. The van der Waals surface area contributed by atoms with Gasteiger partial charge in [0.05, 0.1) is 0 Å². The van der Waals surface area contributed by atoms with Crippen molar-refractivity contribution < 1.29 is 9.59 Å². The molecule has 2 saturated heterocycles. The molecule has 2 aliphatic heterocycles. The Morgan fingerprint density at radius 2 is 1.96 bits per heavy atom. The summed E-state index contributed by atoms with van der Waals surface area (Å²) in [4.78, 5) is 32.3. The van der Waals surface area contributed by atoms with Gasteiger partial charge in [0.1, 0.15) is 5.69 Å². The van der Waals surface area contributed by atoms with Crippen molar-refractivity contribution in [3.63, 3.8) is 0 Å². The Bertz CT molecular complexity index is 812. The van der Waals surface area contributed by atoms with E-state index in [1.165, 1.54) is 16.9 Å². The fourth-order valence-corrected chi connectivity index (χ4v) is 4.83. The lowest BCUT2D eigenvalue weighted by atomic mass is 9.78. The van der Waals surface area contributed by atoms with Gasteiger partial charge >= 0.3 is 0 Å². The van der Waals surface area contributed by atoms with Gasteiger partial charge in [-0.15, -0.1) is 11.3 Å². The van der Waals surface area contributed by atoms with Crippen molar-refractivity contribution in [3.8, 4) is 0 Å². The monoisotopic (exact) mass is 370 g/mol. The van der Waals surface area contributed by atoms with E-state index in [9.17, 15) is 9.59 Å². The number of nitrogens with two attached hydrogens (primary N) is 1. The summed E-state index contributed by atoms with van der Waals surface area (Å²) < 4.78 is 0. The molecule has 6 nitrogen and oxygen atoms in total. The third kappa shape index (κ3) is 3.31. The van der Waals surface area contributed by atoms with Gasteiger partial charge in [-0.1, -0.05) is 30.3 Å². The van der Waals surface area contributed by atoms with E-state index in [2.05, 4.69) is 22.0 Å². The van der Waals surface area contributed by atoms with Crippen LogP contribution in [0.1, 0.15) is 35.3 Å². The van der Waals surface area contributed by atoms with Crippen LogP contribution in [0.4, 0.5) is 5.13 Å². The fraction of sp³-hybridized carbons (Fsp3) is 0.421. The van der Waals surface area contributed by atoms with Crippen LogP contribution in [0.25, 0.3) is 0 Å². The van der Waals surface area contributed by atoms with Gasteiger partial charge in [0, 0.05) is 43.4 Å². The van der Waals surface area contributed by atoms with Crippen molar-refractivity contribution in [2.75, 3.05) is 24.5 Å². The normalized spacial score (nSPS) is 19.3. The summed E-state index contributed by atoms with van der Waals surface area (Å²) in [6, 6.07) is 10.2. The molecule has 0 saturated carbocycles. The van der Waals surface area contributed by atoms with Crippen molar-refractivity contribution in [1.82, 2.24) is 9.88 Å². The van der Waals surface area contributed by atoms with Crippen LogP contribution in [0.3, 0.4) is 0 Å². The van der Waals surface area contributed by atoms with Crippen molar-refractivity contribution in [1.29, 1.82) is 0 Å². The fourth-order valence-electron chi connectivity index (χ4n) is 3.96. The molecule has 2 aromatic rings. The second-order valence-electron chi connectivity index (χ2n) is 7.28. The number of likely N-dealkylation sites (tertiary alicyclic amines) is 1. The predicted octanol–water partition coefficient (Wildman–Crippen LogP) is 2.26. The van der Waals surface area contributed by atoms with Gasteiger partial charge in [-0.25, -0.2) is 4.98 Å². The van der Waals surface area contributed by atoms with Gasteiger partial charge in [-0.2, -0.15) is 0 Å². The molecule has 0 atom stereocenters. The van der Waals surface area contributed by atoms with E-state index in [0.29, 0.717) is 18.7 Å². The molecule has 3 heterocycles. The van der Waals surface area contributed by atoms with Gasteiger partial charge in [0.15, 0.2) is 5.13 Å². The van der Waals surface area contributed by atoms with Crippen LogP contribution in [0.5, 0.6) is 0 Å². The quantitative estimate of drug-likeness (QED) is 0.895. The minimum atomic E-state index is -0.487. The number of carbonyl (C=O) groups is 2. The Balaban J connectivity index is 1.39. The summed E-state index contributed by atoms with van der Waals surface area (Å²) in [7, 11) is 0. The zero-order valence-corrected chi connectivity index (χ0v) is 15.4. The van der Waals surface area contributed by atoms with Crippen molar-refractivity contribution in [2.45, 2.75) is 25.8 Å². The topological polar surface area (TPSA) is 79.5 Å². The number of rotatable bonds is 4. The third-order valence-electron chi connectivity index (χ3n) is 5.46. The maximum Gasteiger partial charge on any atom is 0.268 e. The molecule has 0 aliphatic carbocycles. The van der Waals surface area contributed by atoms with Crippen LogP contribution < -0.4 is 10.6 Å². The summed E-state index contributed by atoms with van der Waals surface area (Å²) in [5, 5.41) is 2.56. The number of thiazole rings is 1. The van der Waals surface area contributed by atoms with Gasteiger partial charge < -0.3 is 15.5 Å². The van der Waals surface area contributed by atoms with E-state index in [-0.39, 0.29) is 11.3 Å². The number of hydrogen-bond donors (Lipinski definition) is 1.